The number of nitrogens with two attached hydrogens (primary N) is 1. The maximum atomic E-state index is 12.9. The van der Waals surface area contributed by atoms with E-state index < -0.39 is 22.6 Å². The van der Waals surface area contributed by atoms with Crippen LogP contribution in [0.15, 0.2) is 24.3 Å². The summed E-state index contributed by atoms with van der Waals surface area (Å²) < 4.78 is 44.1. The zero-order chi connectivity index (χ0) is 18.1. The van der Waals surface area contributed by atoms with Crippen molar-refractivity contribution in [2.45, 2.75) is 37.3 Å². The minimum atomic E-state index is -4.36. The summed E-state index contributed by atoms with van der Waals surface area (Å²) in [6.45, 7) is 1.60. The van der Waals surface area contributed by atoms with Gasteiger partial charge in [-0.05, 0) is 37.3 Å². The van der Waals surface area contributed by atoms with Gasteiger partial charge >= 0.3 is 6.18 Å². The van der Waals surface area contributed by atoms with E-state index in [1.165, 1.54) is 12.1 Å². The fourth-order valence-corrected chi connectivity index (χ4v) is 3.47. The second kappa shape index (κ2) is 6.61. The quantitative estimate of drug-likeness (QED) is 0.852. The van der Waals surface area contributed by atoms with Gasteiger partial charge < -0.3 is 15.8 Å². The molecule has 25 heavy (non-hydrogen) atoms. The highest BCUT2D eigenvalue weighted by atomic mass is 19.4. The summed E-state index contributed by atoms with van der Waals surface area (Å²) in [5.74, 6) is -0.114. The summed E-state index contributed by atoms with van der Waals surface area (Å²) in [5, 5.41) is 2.95. The second-order valence-electron chi connectivity index (χ2n) is 7.14. The zero-order valence-corrected chi connectivity index (χ0v) is 14.0. The lowest BCUT2D eigenvalue weighted by Crippen LogP contribution is -2.50. The third-order valence-electron chi connectivity index (χ3n) is 5.57. The summed E-state index contributed by atoms with van der Waals surface area (Å²) >= 11 is 0. The number of ether oxygens (including phenoxy) is 1. The average molecular weight is 356 g/mol. The number of benzene rings is 1. The van der Waals surface area contributed by atoms with Gasteiger partial charge in [0.2, 0.25) is 5.91 Å². The molecule has 1 saturated heterocycles. The van der Waals surface area contributed by atoms with Crippen molar-refractivity contribution in [1.82, 2.24) is 5.32 Å². The van der Waals surface area contributed by atoms with E-state index in [1.54, 1.807) is 6.07 Å². The minimum Gasteiger partial charge on any atom is -0.381 e. The molecule has 0 spiro atoms. The number of alkyl halides is 3. The van der Waals surface area contributed by atoms with E-state index in [0.29, 0.717) is 38.2 Å². The van der Waals surface area contributed by atoms with Crippen LogP contribution < -0.4 is 11.1 Å². The Morgan fingerprint density at radius 2 is 1.88 bits per heavy atom. The van der Waals surface area contributed by atoms with Crippen molar-refractivity contribution in [2.75, 3.05) is 26.3 Å². The maximum absolute atomic E-state index is 12.9. The van der Waals surface area contributed by atoms with Crippen molar-refractivity contribution in [3.05, 3.63) is 35.4 Å². The maximum Gasteiger partial charge on any atom is 0.416 e. The molecule has 1 aliphatic heterocycles. The molecule has 3 rings (SSSR count). The number of hydrogen-bond acceptors (Lipinski definition) is 3. The molecule has 1 aliphatic carbocycles. The van der Waals surface area contributed by atoms with E-state index in [1.807, 2.05) is 0 Å². The van der Waals surface area contributed by atoms with Crippen LogP contribution in [0.5, 0.6) is 0 Å². The van der Waals surface area contributed by atoms with Crippen LogP contribution in [0.3, 0.4) is 0 Å². The Labute approximate surface area is 144 Å². The van der Waals surface area contributed by atoms with Gasteiger partial charge in [-0.25, -0.2) is 0 Å². The van der Waals surface area contributed by atoms with Crippen molar-refractivity contribution < 1.29 is 22.7 Å². The molecule has 1 aromatic carbocycles. The molecule has 4 nitrogen and oxygen atoms in total. The van der Waals surface area contributed by atoms with Gasteiger partial charge in [-0.15, -0.1) is 0 Å². The molecule has 2 fully saturated rings. The summed E-state index contributed by atoms with van der Waals surface area (Å²) in [7, 11) is 0. The number of halogens is 3. The number of carbonyl (C=O) groups is 1. The Balaban J connectivity index is 1.70. The van der Waals surface area contributed by atoms with Crippen molar-refractivity contribution in [1.29, 1.82) is 0 Å². The number of amides is 1. The minimum absolute atomic E-state index is 0.114. The van der Waals surface area contributed by atoms with Gasteiger partial charge in [-0.1, -0.05) is 18.2 Å². The third kappa shape index (κ3) is 3.67. The van der Waals surface area contributed by atoms with E-state index in [2.05, 4.69) is 5.32 Å². The Morgan fingerprint density at radius 3 is 2.44 bits per heavy atom. The van der Waals surface area contributed by atoms with Gasteiger partial charge in [0.05, 0.1) is 11.0 Å². The summed E-state index contributed by atoms with van der Waals surface area (Å²) in [5.41, 5.74) is 4.81. The third-order valence-corrected chi connectivity index (χ3v) is 5.57. The largest absolute Gasteiger partial charge is 0.416 e. The van der Waals surface area contributed by atoms with Crippen LogP contribution in [0.25, 0.3) is 0 Å². The SMILES string of the molecule is NCC1(C(=O)NCC2(c3cccc(C(F)(F)F)c3)CC2)CCOCC1. The first-order valence-corrected chi connectivity index (χ1v) is 8.55. The Morgan fingerprint density at radius 1 is 1.20 bits per heavy atom. The van der Waals surface area contributed by atoms with Crippen molar-refractivity contribution >= 4 is 5.91 Å². The van der Waals surface area contributed by atoms with Crippen molar-refractivity contribution in [3.63, 3.8) is 0 Å². The normalized spacial score (nSPS) is 21.6. The molecule has 7 heteroatoms. The van der Waals surface area contributed by atoms with Gasteiger partial charge in [-0.3, -0.25) is 4.79 Å². The predicted molar refractivity (Wildman–Crippen MR) is 86.9 cm³/mol. The number of carbonyl (C=O) groups excluding carboxylic acids is 1. The molecule has 0 unspecified atom stereocenters. The van der Waals surface area contributed by atoms with Gasteiger partial charge in [0, 0.05) is 31.7 Å². The van der Waals surface area contributed by atoms with Crippen LogP contribution in [0.1, 0.15) is 36.8 Å². The molecule has 1 heterocycles. The van der Waals surface area contributed by atoms with Crippen LogP contribution in [0.2, 0.25) is 0 Å². The van der Waals surface area contributed by atoms with Crippen molar-refractivity contribution in [3.8, 4) is 0 Å². The summed E-state index contributed by atoms with van der Waals surface area (Å²) in [6, 6.07) is 5.41. The summed E-state index contributed by atoms with van der Waals surface area (Å²) in [6.07, 6.45) is -1.67. The molecule has 0 bridgehead atoms. The lowest BCUT2D eigenvalue weighted by Gasteiger charge is -2.35. The van der Waals surface area contributed by atoms with Gasteiger partial charge in [0.15, 0.2) is 0 Å². The molecule has 1 amide bonds. The number of rotatable bonds is 5. The highest BCUT2D eigenvalue weighted by molar-refractivity contribution is 5.83. The van der Waals surface area contributed by atoms with Gasteiger partial charge in [-0.2, -0.15) is 13.2 Å². The fraction of sp³-hybridized carbons (Fsp3) is 0.611. The Bertz CT molecular complexity index is 635. The van der Waals surface area contributed by atoms with E-state index in [0.717, 1.165) is 18.9 Å². The molecule has 0 aromatic heterocycles. The van der Waals surface area contributed by atoms with Gasteiger partial charge in [0.1, 0.15) is 0 Å². The number of nitrogens with one attached hydrogen (secondary N) is 1. The highest BCUT2D eigenvalue weighted by Gasteiger charge is 2.47. The Hall–Kier alpha value is -1.60. The van der Waals surface area contributed by atoms with Crippen LogP contribution in [-0.4, -0.2) is 32.2 Å². The topological polar surface area (TPSA) is 64.4 Å². The van der Waals surface area contributed by atoms with Crippen LogP contribution in [0.4, 0.5) is 13.2 Å². The van der Waals surface area contributed by atoms with E-state index in [9.17, 15) is 18.0 Å². The average Bonchev–Trinajstić information content (AvgIpc) is 3.41. The number of hydrogen-bond donors (Lipinski definition) is 2. The highest BCUT2D eigenvalue weighted by Crippen LogP contribution is 2.48. The monoisotopic (exact) mass is 356 g/mol. The molecule has 138 valence electrons. The molecule has 1 saturated carbocycles. The first-order chi connectivity index (χ1) is 11.8. The Kier molecular flexibility index (Phi) is 4.81. The summed E-state index contributed by atoms with van der Waals surface area (Å²) in [4.78, 5) is 12.7. The molecular weight excluding hydrogens is 333 g/mol. The molecule has 0 atom stereocenters. The lowest BCUT2D eigenvalue weighted by atomic mass is 9.79. The fourth-order valence-electron chi connectivity index (χ4n) is 3.47. The zero-order valence-electron chi connectivity index (χ0n) is 14.0. The van der Waals surface area contributed by atoms with Crippen LogP contribution >= 0.6 is 0 Å². The second-order valence-corrected chi connectivity index (χ2v) is 7.14. The first kappa shape index (κ1) is 18.2. The molecule has 3 N–H and O–H groups in total. The van der Waals surface area contributed by atoms with E-state index in [-0.39, 0.29) is 12.5 Å². The lowest BCUT2D eigenvalue weighted by molar-refractivity contribution is -0.138. The van der Waals surface area contributed by atoms with E-state index >= 15 is 0 Å². The molecule has 1 aromatic rings. The van der Waals surface area contributed by atoms with Gasteiger partial charge in [0.25, 0.3) is 0 Å². The van der Waals surface area contributed by atoms with Crippen molar-refractivity contribution in [2.24, 2.45) is 11.1 Å². The molecular formula is C18H23F3N2O2. The molecule has 0 radical (unpaired) electrons. The predicted octanol–water partition coefficient (Wildman–Crippen LogP) is 2.61. The first-order valence-electron chi connectivity index (χ1n) is 8.55. The smallest absolute Gasteiger partial charge is 0.381 e. The van der Waals surface area contributed by atoms with Crippen LogP contribution in [-0.2, 0) is 21.1 Å². The van der Waals surface area contributed by atoms with E-state index in [4.69, 9.17) is 10.5 Å². The molecule has 2 aliphatic rings. The standard InChI is InChI=1S/C18H23F3N2O2/c19-18(20,21)14-3-1-2-13(10-14)17(4-5-17)12-23-15(24)16(11-22)6-8-25-9-7-16/h1-3,10H,4-9,11-12,22H2,(H,23,24). The van der Waals surface area contributed by atoms with Crippen LogP contribution in [0, 0.1) is 5.41 Å².